The minimum atomic E-state index is -0.456. The van der Waals surface area contributed by atoms with Crippen LogP contribution in [0.5, 0.6) is 5.75 Å². The van der Waals surface area contributed by atoms with Gasteiger partial charge in [0.05, 0.1) is 18.1 Å². The van der Waals surface area contributed by atoms with Gasteiger partial charge in [-0.15, -0.1) is 0 Å². The molecule has 0 saturated carbocycles. The van der Waals surface area contributed by atoms with Crippen molar-refractivity contribution in [3.63, 3.8) is 0 Å². The molecule has 0 bridgehead atoms. The predicted molar refractivity (Wildman–Crippen MR) is 57.8 cm³/mol. The van der Waals surface area contributed by atoms with Crippen molar-refractivity contribution in [1.82, 2.24) is 0 Å². The van der Waals surface area contributed by atoms with E-state index in [4.69, 9.17) is 16.2 Å². The molecule has 0 aliphatic carbocycles. The van der Waals surface area contributed by atoms with Crippen molar-refractivity contribution in [2.24, 2.45) is 11.5 Å². The SMILES string of the molecule is COc1cccc([N+](=O)[O-])c1.NCCN. The summed E-state index contributed by atoms with van der Waals surface area (Å²) in [5, 5.41) is 10.2. The number of ether oxygens (including phenoxy) is 1. The summed E-state index contributed by atoms with van der Waals surface area (Å²) in [6.07, 6.45) is 0. The van der Waals surface area contributed by atoms with Crippen molar-refractivity contribution >= 4 is 5.69 Å². The molecule has 15 heavy (non-hydrogen) atoms. The lowest BCUT2D eigenvalue weighted by atomic mass is 10.3. The third-order valence-corrected chi connectivity index (χ3v) is 1.43. The van der Waals surface area contributed by atoms with E-state index in [2.05, 4.69) is 0 Å². The second-order valence-electron chi connectivity index (χ2n) is 2.54. The van der Waals surface area contributed by atoms with Gasteiger partial charge in [-0.3, -0.25) is 10.1 Å². The van der Waals surface area contributed by atoms with Crippen molar-refractivity contribution in [3.05, 3.63) is 34.4 Å². The summed E-state index contributed by atoms with van der Waals surface area (Å²) in [5.74, 6) is 0.499. The Labute approximate surface area is 88.0 Å². The highest BCUT2D eigenvalue weighted by Gasteiger charge is 2.04. The largest absolute Gasteiger partial charge is 0.497 e. The molecule has 0 unspecified atom stereocenters. The molecule has 1 aromatic carbocycles. The molecule has 0 heterocycles. The highest BCUT2D eigenvalue weighted by atomic mass is 16.6. The zero-order valence-electron chi connectivity index (χ0n) is 8.55. The number of benzene rings is 1. The summed E-state index contributed by atoms with van der Waals surface area (Å²) >= 11 is 0. The molecule has 6 nitrogen and oxygen atoms in total. The van der Waals surface area contributed by atoms with Crippen LogP contribution in [0.1, 0.15) is 0 Å². The summed E-state index contributed by atoms with van der Waals surface area (Å²) < 4.78 is 4.80. The quantitative estimate of drug-likeness (QED) is 0.562. The molecule has 4 N–H and O–H groups in total. The fraction of sp³-hybridized carbons (Fsp3) is 0.333. The molecule has 0 radical (unpaired) electrons. The van der Waals surface area contributed by atoms with Gasteiger partial charge in [-0.2, -0.15) is 0 Å². The standard InChI is InChI=1S/C7H7NO3.C2H8N2/c1-11-7-4-2-3-6(5-7)8(9)10;3-1-2-4/h2-5H,1H3;1-4H2. The van der Waals surface area contributed by atoms with E-state index in [1.54, 1.807) is 12.1 Å². The first-order valence-corrected chi connectivity index (χ1v) is 4.34. The van der Waals surface area contributed by atoms with Crippen LogP contribution in [0.4, 0.5) is 5.69 Å². The van der Waals surface area contributed by atoms with Crippen molar-refractivity contribution in [1.29, 1.82) is 0 Å². The maximum atomic E-state index is 10.2. The van der Waals surface area contributed by atoms with Crippen LogP contribution in [0, 0.1) is 10.1 Å². The summed E-state index contributed by atoms with van der Waals surface area (Å²) in [7, 11) is 1.47. The summed E-state index contributed by atoms with van der Waals surface area (Å²) in [6, 6.07) is 6.03. The van der Waals surface area contributed by atoms with Crippen molar-refractivity contribution < 1.29 is 9.66 Å². The van der Waals surface area contributed by atoms with E-state index in [1.165, 1.54) is 19.2 Å². The second-order valence-corrected chi connectivity index (χ2v) is 2.54. The van der Waals surface area contributed by atoms with Crippen LogP contribution in [-0.2, 0) is 0 Å². The first kappa shape index (κ1) is 13.3. The molecule has 0 spiro atoms. The van der Waals surface area contributed by atoms with E-state index in [9.17, 15) is 10.1 Å². The third-order valence-electron chi connectivity index (χ3n) is 1.43. The lowest BCUT2D eigenvalue weighted by Gasteiger charge is -1.96. The lowest BCUT2D eigenvalue weighted by molar-refractivity contribution is -0.384. The average molecular weight is 213 g/mol. The molecule has 0 saturated heterocycles. The monoisotopic (exact) mass is 213 g/mol. The maximum Gasteiger partial charge on any atom is 0.273 e. The van der Waals surface area contributed by atoms with Crippen molar-refractivity contribution in [2.45, 2.75) is 0 Å². The van der Waals surface area contributed by atoms with Gasteiger partial charge in [0.1, 0.15) is 5.75 Å². The van der Waals surface area contributed by atoms with E-state index >= 15 is 0 Å². The number of methoxy groups -OCH3 is 1. The Balaban J connectivity index is 0.000000423. The van der Waals surface area contributed by atoms with Gasteiger partial charge >= 0.3 is 0 Å². The smallest absolute Gasteiger partial charge is 0.273 e. The Hall–Kier alpha value is -1.66. The molecule has 0 aliphatic heterocycles. The van der Waals surface area contributed by atoms with E-state index in [1.807, 2.05) is 0 Å². The zero-order valence-corrected chi connectivity index (χ0v) is 8.55. The minimum absolute atomic E-state index is 0.0457. The first-order valence-electron chi connectivity index (χ1n) is 4.34. The number of non-ortho nitro benzene ring substituents is 1. The molecule has 6 heteroatoms. The Morgan fingerprint density at radius 1 is 1.40 bits per heavy atom. The van der Waals surface area contributed by atoms with Gasteiger partial charge in [0.2, 0.25) is 0 Å². The number of rotatable bonds is 3. The molecule has 0 atom stereocenters. The summed E-state index contributed by atoms with van der Waals surface area (Å²) in [5.41, 5.74) is 9.85. The molecule has 0 aliphatic rings. The van der Waals surface area contributed by atoms with Gasteiger partial charge in [0, 0.05) is 19.2 Å². The number of nitro benzene ring substituents is 1. The predicted octanol–water partition coefficient (Wildman–Crippen LogP) is 0.507. The van der Waals surface area contributed by atoms with Crippen LogP contribution in [0.2, 0.25) is 0 Å². The molecule has 1 aromatic rings. The van der Waals surface area contributed by atoms with Crippen LogP contribution in [0.3, 0.4) is 0 Å². The van der Waals surface area contributed by atoms with E-state index in [0.29, 0.717) is 18.8 Å². The molecule has 1 rings (SSSR count). The number of nitrogens with two attached hydrogens (primary N) is 2. The van der Waals surface area contributed by atoms with Crippen LogP contribution in [0.25, 0.3) is 0 Å². The van der Waals surface area contributed by atoms with Crippen LogP contribution in [0.15, 0.2) is 24.3 Å². The fourth-order valence-electron chi connectivity index (χ4n) is 0.724. The molecule has 0 amide bonds. The summed E-state index contributed by atoms with van der Waals surface area (Å²) in [6.45, 7) is 1.19. The van der Waals surface area contributed by atoms with E-state index in [-0.39, 0.29) is 5.69 Å². The Morgan fingerprint density at radius 2 is 2.00 bits per heavy atom. The van der Waals surface area contributed by atoms with Crippen LogP contribution in [-0.4, -0.2) is 25.1 Å². The van der Waals surface area contributed by atoms with Crippen molar-refractivity contribution in [3.8, 4) is 5.75 Å². The molecule has 0 aromatic heterocycles. The van der Waals surface area contributed by atoms with Crippen LogP contribution < -0.4 is 16.2 Å². The molecule has 0 fully saturated rings. The molecular weight excluding hydrogens is 198 g/mol. The number of nitrogens with zero attached hydrogens (tertiary/aromatic N) is 1. The summed E-state index contributed by atoms with van der Waals surface area (Å²) in [4.78, 5) is 9.76. The van der Waals surface area contributed by atoms with Gasteiger partial charge in [0.15, 0.2) is 0 Å². The Kier molecular flexibility index (Phi) is 6.86. The highest BCUT2D eigenvalue weighted by Crippen LogP contribution is 2.17. The van der Waals surface area contributed by atoms with Crippen molar-refractivity contribution in [2.75, 3.05) is 20.2 Å². The number of hydrogen-bond donors (Lipinski definition) is 2. The van der Waals surface area contributed by atoms with Crippen LogP contribution >= 0.6 is 0 Å². The molecule has 84 valence electrons. The van der Waals surface area contributed by atoms with Gasteiger partial charge in [-0.1, -0.05) is 6.07 Å². The fourth-order valence-corrected chi connectivity index (χ4v) is 0.724. The maximum absolute atomic E-state index is 10.2. The third kappa shape index (κ3) is 5.61. The van der Waals surface area contributed by atoms with E-state index < -0.39 is 4.92 Å². The Morgan fingerprint density at radius 3 is 2.40 bits per heavy atom. The van der Waals surface area contributed by atoms with Gasteiger partial charge < -0.3 is 16.2 Å². The second kappa shape index (κ2) is 7.72. The zero-order chi connectivity index (χ0) is 11.7. The topological polar surface area (TPSA) is 104 Å². The molecular formula is C9H15N3O3. The Bertz CT molecular complexity index is 302. The number of nitro groups is 1. The van der Waals surface area contributed by atoms with E-state index in [0.717, 1.165) is 0 Å². The first-order chi connectivity index (χ1) is 7.15. The van der Waals surface area contributed by atoms with Gasteiger partial charge in [0.25, 0.3) is 5.69 Å². The normalized spacial score (nSPS) is 8.73. The van der Waals surface area contributed by atoms with Gasteiger partial charge in [-0.05, 0) is 6.07 Å². The average Bonchev–Trinajstić information content (AvgIpc) is 2.29. The van der Waals surface area contributed by atoms with Gasteiger partial charge in [-0.25, -0.2) is 0 Å². The minimum Gasteiger partial charge on any atom is -0.497 e. The number of hydrogen-bond acceptors (Lipinski definition) is 5. The lowest BCUT2D eigenvalue weighted by Crippen LogP contribution is -2.11. The highest BCUT2D eigenvalue weighted by molar-refractivity contribution is 5.37.